The van der Waals surface area contributed by atoms with Crippen molar-refractivity contribution in [2.24, 2.45) is 5.73 Å². The zero-order valence-corrected chi connectivity index (χ0v) is 8.89. The number of primary amides is 1. The normalized spacial score (nSPS) is 11.6. The molecule has 1 aromatic heterocycles. The average molecular weight is 217 g/mol. The Morgan fingerprint density at radius 1 is 1.64 bits per heavy atom. The van der Waals surface area contributed by atoms with Crippen LogP contribution in [0.4, 0.5) is 0 Å². The van der Waals surface area contributed by atoms with Gasteiger partial charge >= 0.3 is 0 Å². The van der Waals surface area contributed by atoms with Crippen molar-refractivity contribution >= 4 is 17.5 Å². The molecule has 1 heterocycles. The molecule has 0 atom stereocenters. The Bertz CT molecular complexity index is 333. The molecule has 0 aliphatic heterocycles. The Morgan fingerprint density at radius 3 is 2.71 bits per heavy atom. The molecule has 4 nitrogen and oxygen atoms in total. The second kappa shape index (κ2) is 4.02. The summed E-state index contributed by atoms with van der Waals surface area (Å²) < 4.78 is 5.11. The van der Waals surface area contributed by atoms with Crippen LogP contribution in [0.25, 0.3) is 0 Å². The average Bonchev–Trinajstić information content (AvgIpc) is 2.48. The van der Waals surface area contributed by atoms with Crippen molar-refractivity contribution in [1.29, 1.82) is 0 Å². The minimum atomic E-state index is -0.751. The standard InChI is InChI=1S/C9H13ClN2O2/c1-9(2,8(11)13)12-5-6-3-4-7(10)14-6/h3-4,12H,5H2,1-2H3,(H2,11,13). The summed E-state index contributed by atoms with van der Waals surface area (Å²) >= 11 is 5.59. The number of furan rings is 1. The van der Waals surface area contributed by atoms with Gasteiger partial charge in [0.25, 0.3) is 0 Å². The van der Waals surface area contributed by atoms with Gasteiger partial charge in [0.15, 0.2) is 5.22 Å². The number of hydrogen-bond donors (Lipinski definition) is 2. The first-order chi connectivity index (χ1) is 6.42. The maximum Gasteiger partial charge on any atom is 0.237 e. The molecule has 14 heavy (non-hydrogen) atoms. The van der Waals surface area contributed by atoms with E-state index < -0.39 is 11.4 Å². The number of carbonyl (C=O) groups excluding carboxylic acids is 1. The van der Waals surface area contributed by atoms with Crippen molar-refractivity contribution in [3.63, 3.8) is 0 Å². The van der Waals surface area contributed by atoms with E-state index >= 15 is 0 Å². The van der Waals surface area contributed by atoms with Crippen LogP contribution in [0, 0.1) is 0 Å². The fourth-order valence-corrected chi connectivity index (χ4v) is 1.00. The third-order valence-electron chi connectivity index (χ3n) is 1.95. The summed E-state index contributed by atoms with van der Waals surface area (Å²) in [7, 11) is 0. The van der Waals surface area contributed by atoms with E-state index in [0.29, 0.717) is 17.5 Å². The summed E-state index contributed by atoms with van der Waals surface area (Å²) in [6.07, 6.45) is 0. The number of hydrogen-bond acceptors (Lipinski definition) is 3. The SMILES string of the molecule is CC(C)(NCc1ccc(Cl)o1)C(N)=O. The summed E-state index contributed by atoms with van der Waals surface area (Å²) in [4.78, 5) is 11.0. The molecule has 0 bridgehead atoms. The third-order valence-corrected chi connectivity index (χ3v) is 2.15. The highest BCUT2D eigenvalue weighted by atomic mass is 35.5. The quantitative estimate of drug-likeness (QED) is 0.797. The first-order valence-electron chi connectivity index (χ1n) is 4.21. The van der Waals surface area contributed by atoms with Crippen LogP contribution in [0.5, 0.6) is 0 Å². The second-order valence-electron chi connectivity index (χ2n) is 3.55. The van der Waals surface area contributed by atoms with Crippen molar-refractivity contribution in [1.82, 2.24) is 5.32 Å². The molecule has 1 rings (SSSR count). The maximum absolute atomic E-state index is 11.0. The lowest BCUT2D eigenvalue weighted by atomic mass is 10.1. The van der Waals surface area contributed by atoms with Gasteiger partial charge < -0.3 is 10.2 Å². The van der Waals surface area contributed by atoms with E-state index in [9.17, 15) is 4.79 Å². The van der Waals surface area contributed by atoms with Crippen molar-refractivity contribution in [2.45, 2.75) is 25.9 Å². The van der Waals surface area contributed by atoms with Gasteiger partial charge in [-0.15, -0.1) is 0 Å². The molecule has 0 aromatic carbocycles. The van der Waals surface area contributed by atoms with Crippen LogP contribution in [-0.4, -0.2) is 11.4 Å². The number of nitrogens with one attached hydrogen (secondary N) is 1. The van der Waals surface area contributed by atoms with Crippen LogP contribution in [0.1, 0.15) is 19.6 Å². The molecule has 0 aliphatic carbocycles. The lowest BCUT2D eigenvalue weighted by Gasteiger charge is -2.21. The van der Waals surface area contributed by atoms with Gasteiger partial charge in [-0.1, -0.05) is 0 Å². The molecule has 0 saturated heterocycles. The van der Waals surface area contributed by atoms with E-state index in [1.54, 1.807) is 26.0 Å². The Labute approximate surface area is 87.4 Å². The lowest BCUT2D eigenvalue weighted by molar-refractivity contribution is -0.123. The Morgan fingerprint density at radius 2 is 2.29 bits per heavy atom. The van der Waals surface area contributed by atoms with Gasteiger partial charge in [0.05, 0.1) is 12.1 Å². The molecule has 0 saturated carbocycles. The molecule has 1 aromatic rings. The molecule has 3 N–H and O–H groups in total. The van der Waals surface area contributed by atoms with E-state index in [4.69, 9.17) is 21.8 Å². The van der Waals surface area contributed by atoms with Gasteiger partial charge in [-0.05, 0) is 37.6 Å². The Balaban J connectivity index is 2.52. The molecule has 0 aliphatic rings. The minimum absolute atomic E-state index is 0.332. The highest BCUT2D eigenvalue weighted by Gasteiger charge is 2.23. The van der Waals surface area contributed by atoms with Crippen molar-refractivity contribution in [3.8, 4) is 0 Å². The number of amides is 1. The molecule has 78 valence electrons. The molecular formula is C9H13ClN2O2. The molecule has 1 amide bonds. The van der Waals surface area contributed by atoms with Crippen LogP contribution in [-0.2, 0) is 11.3 Å². The topological polar surface area (TPSA) is 68.3 Å². The summed E-state index contributed by atoms with van der Waals surface area (Å²) in [6.45, 7) is 3.84. The number of rotatable bonds is 4. The second-order valence-corrected chi connectivity index (χ2v) is 3.92. The first kappa shape index (κ1) is 11.1. The summed E-state index contributed by atoms with van der Waals surface area (Å²) in [6, 6.07) is 3.39. The van der Waals surface area contributed by atoms with Crippen LogP contribution in [0.3, 0.4) is 0 Å². The number of carbonyl (C=O) groups is 1. The van der Waals surface area contributed by atoms with Crippen LogP contribution in [0.15, 0.2) is 16.5 Å². The van der Waals surface area contributed by atoms with Gasteiger partial charge in [0, 0.05) is 0 Å². The minimum Gasteiger partial charge on any atom is -0.448 e. The molecule has 5 heteroatoms. The number of nitrogens with two attached hydrogens (primary N) is 1. The monoisotopic (exact) mass is 216 g/mol. The fraction of sp³-hybridized carbons (Fsp3) is 0.444. The van der Waals surface area contributed by atoms with E-state index in [1.807, 2.05) is 0 Å². The zero-order valence-electron chi connectivity index (χ0n) is 8.13. The van der Waals surface area contributed by atoms with Crippen LogP contribution in [0.2, 0.25) is 5.22 Å². The smallest absolute Gasteiger partial charge is 0.237 e. The molecule has 0 fully saturated rings. The van der Waals surface area contributed by atoms with Gasteiger partial charge in [0.1, 0.15) is 5.76 Å². The fourth-order valence-electron chi connectivity index (χ4n) is 0.842. The summed E-state index contributed by atoms with van der Waals surface area (Å²) in [5, 5.41) is 3.29. The van der Waals surface area contributed by atoms with E-state index in [1.165, 1.54) is 0 Å². The Kier molecular flexibility index (Phi) is 3.18. The molecule has 0 radical (unpaired) electrons. The van der Waals surface area contributed by atoms with E-state index in [2.05, 4.69) is 5.32 Å². The predicted octanol–water partition coefficient (Wildman–Crippen LogP) is 1.29. The van der Waals surface area contributed by atoms with Crippen LogP contribution >= 0.6 is 11.6 Å². The zero-order chi connectivity index (χ0) is 10.8. The Hall–Kier alpha value is -1.00. The van der Waals surface area contributed by atoms with Crippen LogP contribution < -0.4 is 11.1 Å². The van der Waals surface area contributed by atoms with Gasteiger partial charge in [0.2, 0.25) is 5.91 Å². The highest BCUT2D eigenvalue weighted by Crippen LogP contribution is 2.13. The maximum atomic E-state index is 11.0. The summed E-state index contributed by atoms with van der Waals surface area (Å²) in [5.74, 6) is 0.263. The number of halogens is 1. The van der Waals surface area contributed by atoms with E-state index in [-0.39, 0.29) is 0 Å². The van der Waals surface area contributed by atoms with Crippen molar-refractivity contribution in [3.05, 3.63) is 23.1 Å². The van der Waals surface area contributed by atoms with Gasteiger partial charge in [-0.25, -0.2) is 0 Å². The molecular weight excluding hydrogens is 204 g/mol. The highest BCUT2D eigenvalue weighted by molar-refractivity contribution is 6.28. The van der Waals surface area contributed by atoms with Crippen molar-refractivity contribution < 1.29 is 9.21 Å². The van der Waals surface area contributed by atoms with Gasteiger partial charge in [-0.2, -0.15) is 0 Å². The molecule has 0 spiro atoms. The predicted molar refractivity (Wildman–Crippen MR) is 53.8 cm³/mol. The molecule has 0 unspecified atom stereocenters. The first-order valence-corrected chi connectivity index (χ1v) is 4.59. The van der Waals surface area contributed by atoms with E-state index in [0.717, 1.165) is 0 Å². The third kappa shape index (κ3) is 2.75. The van der Waals surface area contributed by atoms with Gasteiger partial charge in [-0.3, -0.25) is 10.1 Å². The van der Waals surface area contributed by atoms with Crippen molar-refractivity contribution in [2.75, 3.05) is 0 Å². The summed E-state index contributed by atoms with van der Waals surface area (Å²) in [5.41, 5.74) is 4.43. The largest absolute Gasteiger partial charge is 0.448 e. The lowest BCUT2D eigenvalue weighted by Crippen LogP contribution is -2.50.